The molecule has 0 radical (unpaired) electrons. The van der Waals surface area contributed by atoms with Crippen LogP contribution in [0.15, 0.2) is 30.0 Å². The average Bonchev–Trinajstić information content (AvgIpc) is 3.26. The zero-order valence-electron chi connectivity index (χ0n) is 13.4. The molecule has 3 aromatic heterocycles. The van der Waals surface area contributed by atoms with Crippen molar-refractivity contribution >= 4 is 34.0 Å². The number of ketones is 1. The van der Waals surface area contributed by atoms with Gasteiger partial charge in [0, 0.05) is 33.2 Å². The molecule has 0 amide bonds. The Hall–Kier alpha value is -2.32. The minimum Gasteiger partial charge on any atom is -0.353 e. The molecule has 4 rings (SSSR count). The molecule has 8 heteroatoms. The predicted octanol–water partition coefficient (Wildman–Crippen LogP) is 1.43. The summed E-state index contributed by atoms with van der Waals surface area (Å²) in [5, 5.41) is 7.19. The van der Waals surface area contributed by atoms with Crippen LogP contribution in [0.4, 0.5) is 5.82 Å². The zero-order valence-corrected chi connectivity index (χ0v) is 14.2. The smallest absolute Gasteiger partial charge is 0.186 e. The van der Waals surface area contributed by atoms with Crippen molar-refractivity contribution in [1.82, 2.24) is 24.6 Å². The summed E-state index contributed by atoms with van der Waals surface area (Å²) >= 11 is 1.51. The first-order chi connectivity index (χ1) is 11.7. The molecule has 0 bridgehead atoms. The lowest BCUT2D eigenvalue weighted by Gasteiger charge is -2.35. The number of rotatable bonds is 4. The van der Waals surface area contributed by atoms with Gasteiger partial charge in [-0.25, -0.2) is 9.97 Å². The summed E-state index contributed by atoms with van der Waals surface area (Å²) in [6.07, 6.45) is 3.41. The largest absolute Gasteiger partial charge is 0.353 e. The Morgan fingerprint density at radius 3 is 2.83 bits per heavy atom. The van der Waals surface area contributed by atoms with E-state index in [2.05, 4.69) is 24.9 Å². The third kappa shape index (κ3) is 2.78. The SMILES string of the molecule is Cn1ncc2c(N3CCN(CC(=O)c4cccs4)CC3)ncnc21. The number of carbonyl (C=O) groups is 1. The number of hydrogen-bond acceptors (Lipinski definition) is 7. The van der Waals surface area contributed by atoms with E-state index < -0.39 is 0 Å². The van der Waals surface area contributed by atoms with Gasteiger partial charge in [0.1, 0.15) is 12.1 Å². The Labute approximate surface area is 143 Å². The van der Waals surface area contributed by atoms with Crippen molar-refractivity contribution in [3.05, 3.63) is 34.9 Å². The molecule has 1 fully saturated rings. The van der Waals surface area contributed by atoms with Gasteiger partial charge in [0.15, 0.2) is 11.4 Å². The summed E-state index contributed by atoms with van der Waals surface area (Å²) in [7, 11) is 1.88. The highest BCUT2D eigenvalue weighted by Gasteiger charge is 2.22. The summed E-state index contributed by atoms with van der Waals surface area (Å²) in [5.41, 5.74) is 0.843. The maximum Gasteiger partial charge on any atom is 0.186 e. The molecule has 0 spiro atoms. The number of nitrogens with zero attached hydrogens (tertiary/aromatic N) is 6. The van der Waals surface area contributed by atoms with Crippen LogP contribution < -0.4 is 4.90 Å². The van der Waals surface area contributed by atoms with Crippen molar-refractivity contribution in [2.45, 2.75) is 0 Å². The van der Waals surface area contributed by atoms with Crippen molar-refractivity contribution in [2.75, 3.05) is 37.6 Å². The van der Waals surface area contributed by atoms with Crippen LogP contribution in [0.5, 0.6) is 0 Å². The minimum atomic E-state index is 0.204. The highest BCUT2D eigenvalue weighted by Crippen LogP contribution is 2.23. The zero-order chi connectivity index (χ0) is 16.5. The second-order valence-corrected chi connectivity index (χ2v) is 6.81. The molecule has 0 atom stereocenters. The summed E-state index contributed by atoms with van der Waals surface area (Å²) < 4.78 is 1.76. The lowest BCUT2D eigenvalue weighted by atomic mass is 10.2. The first-order valence-corrected chi connectivity index (χ1v) is 8.77. The number of hydrogen-bond donors (Lipinski definition) is 0. The average molecular weight is 342 g/mol. The summed E-state index contributed by atoms with van der Waals surface area (Å²) in [6.45, 7) is 3.88. The number of aromatic nitrogens is 4. The van der Waals surface area contributed by atoms with E-state index in [4.69, 9.17) is 0 Å². The van der Waals surface area contributed by atoms with Crippen molar-refractivity contribution in [2.24, 2.45) is 7.05 Å². The molecular formula is C16H18N6OS. The molecular weight excluding hydrogens is 324 g/mol. The number of piperazine rings is 1. The molecule has 1 aliphatic rings. The summed E-state index contributed by atoms with van der Waals surface area (Å²) in [5.74, 6) is 1.13. The monoisotopic (exact) mass is 342 g/mol. The molecule has 1 saturated heterocycles. The van der Waals surface area contributed by atoms with E-state index >= 15 is 0 Å². The molecule has 7 nitrogen and oxygen atoms in total. The summed E-state index contributed by atoms with van der Waals surface area (Å²) in [4.78, 5) is 26.3. The normalized spacial score (nSPS) is 16.0. The van der Waals surface area contributed by atoms with Gasteiger partial charge < -0.3 is 4.90 Å². The van der Waals surface area contributed by atoms with E-state index in [0.717, 1.165) is 47.9 Å². The van der Waals surface area contributed by atoms with E-state index in [1.807, 2.05) is 30.8 Å². The van der Waals surface area contributed by atoms with Crippen LogP contribution in [0.3, 0.4) is 0 Å². The maximum absolute atomic E-state index is 12.2. The van der Waals surface area contributed by atoms with Gasteiger partial charge >= 0.3 is 0 Å². The fraction of sp³-hybridized carbons (Fsp3) is 0.375. The number of carbonyl (C=O) groups excluding carboxylic acids is 1. The van der Waals surface area contributed by atoms with Gasteiger partial charge in [0.25, 0.3) is 0 Å². The van der Waals surface area contributed by atoms with Crippen LogP contribution in [-0.4, -0.2) is 63.2 Å². The molecule has 0 saturated carbocycles. The number of thiophene rings is 1. The fourth-order valence-corrected chi connectivity index (χ4v) is 3.69. The van der Waals surface area contributed by atoms with Crippen molar-refractivity contribution in [3.63, 3.8) is 0 Å². The molecule has 0 N–H and O–H groups in total. The van der Waals surface area contributed by atoms with E-state index in [9.17, 15) is 4.79 Å². The van der Waals surface area contributed by atoms with Gasteiger partial charge in [-0.1, -0.05) is 6.07 Å². The number of Topliss-reactive ketones (excluding diaryl/α,β-unsaturated/α-hetero) is 1. The molecule has 124 valence electrons. The third-order valence-electron chi connectivity index (χ3n) is 4.34. The predicted molar refractivity (Wildman–Crippen MR) is 93.6 cm³/mol. The lowest BCUT2D eigenvalue weighted by Crippen LogP contribution is -2.48. The second kappa shape index (κ2) is 6.29. The molecule has 0 unspecified atom stereocenters. The highest BCUT2D eigenvalue weighted by molar-refractivity contribution is 7.12. The molecule has 4 heterocycles. The second-order valence-electron chi connectivity index (χ2n) is 5.87. The van der Waals surface area contributed by atoms with Gasteiger partial charge in [-0.2, -0.15) is 5.10 Å². The first-order valence-electron chi connectivity index (χ1n) is 7.89. The minimum absolute atomic E-state index is 0.204. The van der Waals surface area contributed by atoms with Gasteiger partial charge in [-0.15, -0.1) is 11.3 Å². The lowest BCUT2D eigenvalue weighted by molar-refractivity contribution is 0.0930. The Morgan fingerprint density at radius 1 is 1.25 bits per heavy atom. The number of aryl methyl sites for hydroxylation is 1. The van der Waals surface area contributed by atoms with E-state index in [-0.39, 0.29) is 5.78 Å². The van der Waals surface area contributed by atoms with Crippen LogP contribution in [-0.2, 0) is 7.05 Å². The van der Waals surface area contributed by atoms with Crippen LogP contribution in [0.1, 0.15) is 9.67 Å². The Kier molecular flexibility index (Phi) is 3.99. The third-order valence-corrected chi connectivity index (χ3v) is 5.25. The van der Waals surface area contributed by atoms with Crippen molar-refractivity contribution < 1.29 is 4.79 Å². The molecule has 0 aliphatic carbocycles. The molecule has 0 aromatic carbocycles. The summed E-state index contributed by atoms with van der Waals surface area (Å²) in [6, 6.07) is 3.81. The van der Waals surface area contributed by atoms with Gasteiger partial charge in [0.05, 0.1) is 23.0 Å². The first kappa shape index (κ1) is 15.2. The van der Waals surface area contributed by atoms with Crippen LogP contribution in [0, 0.1) is 0 Å². The molecule has 3 aromatic rings. The van der Waals surface area contributed by atoms with E-state index in [0.29, 0.717) is 6.54 Å². The quantitative estimate of drug-likeness (QED) is 0.668. The van der Waals surface area contributed by atoms with Crippen molar-refractivity contribution in [3.8, 4) is 0 Å². The van der Waals surface area contributed by atoms with Gasteiger partial charge in [0.2, 0.25) is 0 Å². The number of fused-ring (bicyclic) bond motifs is 1. The molecule has 1 aliphatic heterocycles. The maximum atomic E-state index is 12.2. The topological polar surface area (TPSA) is 67.2 Å². The Bertz CT molecular complexity index is 851. The van der Waals surface area contributed by atoms with Gasteiger partial charge in [-0.05, 0) is 11.4 Å². The highest BCUT2D eigenvalue weighted by atomic mass is 32.1. The van der Waals surface area contributed by atoms with E-state index in [1.54, 1.807) is 11.0 Å². The van der Waals surface area contributed by atoms with Crippen molar-refractivity contribution in [1.29, 1.82) is 0 Å². The van der Waals surface area contributed by atoms with Crippen LogP contribution in [0.2, 0.25) is 0 Å². The van der Waals surface area contributed by atoms with Gasteiger partial charge in [-0.3, -0.25) is 14.4 Å². The standard InChI is InChI=1S/C16H18N6OS/c1-20-15-12(9-19-20)16(18-11-17-15)22-6-4-21(5-7-22)10-13(23)14-3-2-8-24-14/h2-3,8-9,11H,4-7,10H2,1H3. The Balaban J connectivity index is 1.43. The molecule has 24 heavy (non-hydrogen) atoms. The van der Waals surface area contributed by atoms with Crippen LogP contribution >= 0.6 is 11.3 Å². The van der Waals surface area contributed by atoms with E-state index in [1.165, 1.54) is 11.3 Å². The fourth-order valence-electron chi connectivity index (χ4n) is 3.04. The van der Waals surface area contributed by atoms with Crippen LogP contribution in [0.25, 0.3) is 11.0 Å². The Morgan fingerprint density at radius 2 is 2.08 bits per heavy atom. The number of anilines is 1.